The number of benzene rings is 1. The van der Waals surface area contributed by atoms with Crippen molar-refractivity contribution in [3.63, 3.8) is 0 Å². The van der Waals surface area contributed by atoms with E-state index in [2.05, 4.69) is 34.3 Å². The van der Waals surface area contributed by atoms with Crippen LogP contribution in [0.2, 0.25) is 0 Å². The van der Waals surface area contributed by atoms with Gasteiger partial charge in [0.05, 0.1) is 12.4 Å². The minimum Gasteiger partial charge on any atom is -0.364 e. The molecule has 4 rings (SSSR count). The van der Waals surface area contributed by atoms with E-state index in [1.54, 1.807) is 23.3 Å². The molecule has 0 spiro atoms. The molecule has 0 aliphatic carbocycles. The molecule has 0 atom stereocenters. The van der Waals surface area contributed by atoms with Crippen LogP contribution < -0.4 is 0 Å². The maximum atomic E-state index is 4.87. The van der Waals surface area contributed by atoms with Crippen molar-refractivity contribution in [1.82, 2.24) is 19.9 Å². The first-order valence-corrected chi connectivity index (χ1v) is 6.62. The number of hydrogen-bond donors (Lipinski definition) is 0. The summed E-state index contributed by atoms with van der Waals surface area (Å²) in [6.07, 6.45) is 8.85. The molecule has 3 heterocycles. The molecule has 0 saturated carbocycles. The number of fused-ring (bicyclic) bond motifs is 1. The zero-order chi connectivity index (χ0) is 14.2. The van der Waals surface area contributed by atoms with Crippen molar-refractivity contribution >= 4 is 10.8 Å². The highest BCUT2D eigenvalue weighted by atomic mass is 16.5. The van der Waals surface area contributed by atoms with Gasteiger partial charge in [-0.05, 0) is 17.9 Å². The van der Waals surface area contributed by atoms with Gasteiger partial charge < -0.3 is 4.52 Å². The molecule has 4 aromatic rings. The molecule has 21 heavy (non-hydrogen) atoms. The Morgan fingerprint density at radius 3 is 2.67 bits per heavy atom. The number of aryl methyl sites for hydroxylation is 1. The van der Waals surface area contributed by atoms with Gasteiger partial charge in [0.15, 0.2) is 5.82 Å². The van der Waals surface area contributed by atoms with E-state index in [1.807, 2.05) is 24.5 Å². The van der Waals surface area contributed by atoms with E-state index < -0.39 is 0 Å². The Kier molecular flexibility index (Phi) is 2.57. The lowest BCUT2D eigenvalue weighted by Crippen LogP contribution is -1.99. The minimum atomic E-state index is 0.818. The Labute approximate surface area is 120 Å². The van der Waals surface area contributed by atoms with Crippen molar-refractivity contribution in [3.05, 3.63) is 60.9 Å². The van der Waals surface area contributed by atoms with E-state index in [0.29, 0.717) is 0 Å². The molecule has 0 radical (unpaired) electrons. The average Bonchev–Trinajstić information content (AvgIpc) is 3.19. The summed E-state index contributed by atoms with van der Waals surface area (Å²) >= 11 is 0. The Balaban J connectivity index is 1.90. The van der Waals surface area contributed by atoms with Gasteiger partial charge in [-0.1, -0.05) is 29.4 Å². The van der Waals surface area contributed by atoms with Crippen LogP contribution in [-0.2, 0) is 0 Å². The van der Waals surface area contributed by atoms with Gasteiger partial charge in [-0.2, -0.15) is 5.10 Å². The van der Waals surface area contributed by atoms with E-state index in [1.165, 1.54) is 5.39 Å². The van der Waals surface area contributed by atoms with Crippen LogP contribution in [0.25, 0.3) is 27.7 Å². The fraction of sp³-hybridized carbons (Fsp3) is 0.0625. The molecule has 5 heteroatoms. The lowest BCUT2D eigenvalue weighted by Gasteiger charge is -2.07. The number of pyridine rings is 1. The predicted octanol–water partition coefficient (Wildman–Crippen LogP) is 3.38. The van der Waals surface area contributed by atoms with Crippen LogP contribution in [0.4, 0.5) is 0 Å². The van der Waals surface area contributed by atoms with E-state index in [4.69, 9.17) is 4.52 Å². The Hall–Kier alpha value is -2.95. The van der Waals surface area contributed by atoms with Crippen molar-refractivity contribution in [2.75, 3.05) is 0 Å². The third-order valence-corrected chi connectivity index (χ3v) is 3.54. The SMILES string of the molecule is Cc1cnc(-n2cc(-c3cnoc3)cn2)c2ccccc12. The number of hydrogen-bond acceptors (Lipinski definition) is 4. The molecule has 0 N–H and O–H groups in total. The van der Waals surface area contributed by atoms with Crippen molar-refractivity contribution in [3.8, 4) is 16.9 Å². The van der Waals surface area contributed by atoms with Crippen molar-refractivity contribution in [1.29, 1.82) is 0 Å². The minimum absolute atomic E-state index is 0.818. The second-order valence-corrected chi connectivity index (χ2v) is 4.90. The number of aromatic nitrogens is 4. The molecule has 5 nitrogen and oxygen atoms in total. The fourth-order valence-electron chi connectivity index (χ4n) is 2.44. The van der Waals surface area contributed by atoms with Gasteiger partial charge in [-0.15, -0.1) is 0 Å². The highest BCUT2D eigenvalue weighted by Gasteiger charge is 2.10. The van der Waals surface area contributed by atoms with Crippen LogP contribution in [0.3, 0.4) is 0 Å². The quantitative estimate of drug-likeness (QED) is 0.563. The van der Waals surface area contributed by atoms with Crippen LogP contribution in [0.5, 0.6) is 0 Å². The summed E-state index contributed by atoms with van der Waals surface area (Å²) in [5.74, 6) is 0.818. The molecule has 0 bridgehead atoms. The molecule has 0 aliphatic heterocycles. The Bertz CT molecular complexity index is 909. The highest BCUT2D eigenvalue weighted by Crippen LogP contribution is 2.24. The molecule has 0 fully saturated rings. The summed E-state index contributed by atoms with van der Waals surface area (Å²) < 4.78 is 6.65. The van der Waals surface area contributed by atoms with Crippen LogP contribution in [0.1, 0.15) is 5.56 Å². The van der Waals surface area contributed by atoms with Gasteiger partial charge in [0, 0.05) is 28.9 Å². The monoisotopic (exact) mass is 276 g/mol. The van der Waals surface area contributed by atoms with Crippen molar-refractivity contribution in [2.45, 2.75) is 6.92 Å². The normalized spacial score (nSPS) is 11.1. The van der Waals surface area contributed by atoms with Gasteiger partial charge in [0.25, 0.3) is 0 Å². The highest BCUT2D eigenvalue weighted by molar-refractivity contribution is 5.90. The molecular weight excluding hydrogens is 264 g/mol. The molecule has 1 aromatic carbocycles. The Morgan fingerprint density at radius 2 is 1.86 bits per heavy atom. The van der Waals surface area contributed by atoms with Crippen molar-refractivity contribution in [2.24, 2.45) is 0 Å². The van der Waals surface area contributed by atoms with Crippen molar-refractivity contribution < 1.29 is 4.52 Å². The third-order valence-electron chi connectivity index (χ3n) is 3.54. The van der Waals surface area contributed by atoms with E-state index in [9.17, 15) is 0 Å². The second kappa shape index (κ2) is 4.56. The van der Waals surface area contributed by atoms with Crippen LogP contribution in [-0.4, -0.2) is 19.9 Å². The van der Waals surface area contributed by atoms with Gasteiger partial charge in [0.1, 0.15) is 6.26 Å². The number of nitrogens with zero attached hydrogens (tertiary/aromatic N) is 4. The summed E-state index contributed by atoms with van der Waals surface area (Å²) in [6.45, 7) is 2.06. The van der Waals surface area contributed by atoms with Gasteiger partial charge >= 0.3 is 0 Å². The summed E-state index contributed by atoms with van der Waals surface area (Å²) in [6, 6.07) is 8.20. The largest absolute Gasteiger partial charge is 0.364 e. The Morgan fingerprint density at radius 1 is 1.00 bits per heavy atom. The first kappa shape index (κ1) is 11.8. The van der Waals surface area contributed by atoms with Crippen LogP contribution >= 0.6 is 0 Å². The zero-order valence-corrected chi connectivity index (χ0v) is 11.4. The summed E-state index contributed by atoms with van der Waals surface area (Å²) in [4.78, 5) is 4.53. The van der Waals surface area contributed by atoms with Crippen LogP contribution in [0.15, 0.2) is 59.8 Å². The van der Waals surface area contributed by atoms with Gasteiger partial charge in [0.2, 0.25) is 0 Å². The average molecular weight is 276 g/mol. The van der Waals surface area contributed by atoms with Gasteiger partial charge in [-0.25, -0.2) is 9.67 Å². The molecule has 0 unspecified atom stereocenters. The standard InChI is InChI=1S/C16H12N4O/c1-11-6-17-16(15-5-3-2-4-14(11)15)20-9-12(7-18-20)13-8-19-21-10-13/h2-10H,1H3. The van der Waals surface area contributed by atoms with Gasteiger partial charge in [-0.3, -0.25) is 0 Å². The molecule has 3 aromatic heterocycles. The van der Waals surface area contributed by atoms with E-state index >= 15 is 0 Å². The third kappa shape index (κ3) is 1.90. The molecule has 0 amide bonds. The summed E-state index contributed by atoms with van der Waals surface area (Å²) in [7, 11) is 0. The molecule has 102 valence electrons. The first-order chi connectivity index (χ1) is 10.3. The predicted molar refractivity (Wildman–Crippen MR) is 79.1 cm³/mol. The maximum absolute atomic E-state index is 4.87. The molecular formula is C16H12N4O. The van der Waals surface area contributed by atoms with E-state index in [-0.39, 0.29) is 0 Å². The molecule has 0 saturated heterocycles. The molecule has 0 aliphatic rings. The fourth-order valence-corrected chi connectivity index (χ4v) is 2.44. The smallest absolute Gasteiger partial charge is 0.161 e. The summed E-state index contributed by atoms with van der Waals surface area (Å²) in [5, 5.41) is 10.4. The topological polar surface area (TPSA) is 56.7 Å². The lowest BCUT2D eigenvalue weighted by atomic mass is 10.1. The zero-order valence-electron chi connectivity index (χ0n) is 11.4. The van der Waals surface area contributed by atoms with Crippen LogP contribution in [0, 0.1) is 6.92 Å². The number of rotatable bonds is 2. The maximum Gasteiger partial charge on any atom is 0.161 e. The second-order valence-electron chi connectivity index (χ2n) is 4.90. The van der Waals surface area contributed by atoms with E-state index in [0.717, 1.165) is 27.9 Å². The lowest BCUT2D eigenvalue weighted by molar-refractivity contribution is 0.420. The summed E-state index contributed by atoms with van der Waals surface area (Å²) in [5.41, 5.74) is 3.00. The first-order valence-electron chi connectivity index (χ1n) is 6.62.